The molecule has 3 N–H and O–H groups in total. The summed E-state index contributed by atoms with van der Waals surface area (Å²) in [4.78, 5) is 16.9. The summed E-state index contributed by atoms with van der Waals surface area (Å²) in [6.45, 7) is 3.08. The minimum absolute atomic E-state index is 0.152. The molecule has 0 saturated heterocycles. The molecular formula is C23H23Cl2N5O2. The summed E-state index contributed by atoms with van der Waals surface area (Å²) in [5.41, 5.74) is 2.38. The first-order valence-electron chi connectivity index (χ1n) is 10.1. The van der Waals surface area contributed by atoms with Gasteiger partial charge in [-0.1, -0.05) is 29.3 Å². The average Bonchev–Trinajstić information content (AvgIpc) is 3.19. The summed E-state index contributed by atoms with van der Waals surface area (Å²) >= 11 is 12.4. The molecule has 0 aliphatic heterocycles. The molecule has 3 rings (SSSR count). The average molecular weight is 472 g/mol. The summed E-state index contributed by atoms with van der Waals surface area (Å²) in [5.74, 6) is 0.411. The Hall–Kier alpha value is -3.05. The predicted molar refractivity (Wildman–Crippen MR) is 126 cm³/mol. The number of pyridine rings is 1. The number of benzene rings is 1. The number of amides is 1. The van der Waals surface area contributed by atoms with Crippen molar-refractivity contribution in [3.63, 3.8) is 0 Å². The molecule has 0 fully saturated rings. The van der Waals surface area contributed by atoms with Gasteiger partial charge in [-0.15, -0.1) is 0 Å². The first-order valence-corrected chi connectivity index (χ1v) is 10.8. The number of halogens is 2. The highest BCUT2D eigenvalue weighted by atomic mass is 35.5. The van der Waals surface area contributed by atoms with Crippen molar-refractivity contribution in [1.29, 1.82) is 5.26 Å². The lowest BCUT2D eigenvalue weighted by molar-refractivity contribution is 0.0924. The van der Waals surface area contributed by atoms with Crippen molar-refractivity contribution in [2.75, 3.05) is 18.4 Å². The van der Waals surface area contributed by atoms with E-state index in [4.69, 9.17) is 28.5 Å². The van der Waals surface area contributed by atoms with Crippen LogP contribution in [0.3, 0.4) is 0 Å². The van der Waals surface area contributed by atoms with Crippen LogP contribution in [0.5, 0.6) is 0 Å². The molecule has 32 heavy (non-hydrogen) atoms. The van der Waals surface area contributed by atoms with E-state index in [1.54, 1.807) is 43.5 Å². The maximum absolute atomic E-state index is 12.8. The van der Waals surface area contributed by atoms with Gasteiger partial charge in [0.25, 0.3) is 5.91 Å². The molecule has 1 atom stereocenters. The van der Waals surface area contributed by atoms with E-state index in [2.05, 4.69) is 15.6 Å². The Morgan fingerprint density at radius 3 is 2.72 bits per heavy atom. The van der Waals surface area contributed by atoms with Gasteiger partial charge in [0.05, 0.1) is 17.2 Å². The lowest BCUT2D eigenvalue weighted by Crippen LogP contribution is -2.30. The summed E-state index contributed by atoms with van der Waals surface area (Å²) in [6.07, 6.45) is 5.31. The van der Waals surface area contributed by atoms with Gasteiger partial charge in [0, 0.05) is 59.4 Å². The summed E-state index contributed by atoms with van der Waals surface area (Å²) < 4.78 is 1.94. The fourth-order valence-electron chi connectivity index (χ4n) is 3.12. The minimum Gasteiger partial charge on any atom is -0.392 e. The van der Waals surface area contributed by atoms with Gasteiger partial charge in [0.2, 0.25) is 0 Å². The molecule has 0 aliphatic carbocycles. The zero-order chi connectivity index (χ0) is 23.1. The highest BCUT2D eigenvalue weighted by molar-refractivity contribution is 6.36. The van der Waals surface area contributed by atoms with Crippen molar-refractivity contribution in [1.82, 2.24) is 14.9 Å². The number of rotatable bonds is 9. The van der Waals surface area contributed by atoms with E-state index in [1.165, 1.54) is 6.20 Å². The van der Waals surface area contributed by atoms with Crippen LogP contribution in [0.1, 0.15) is 29.3 Å². The fourth-order valence-corrected chi connectivity index (χ4v) is 3.63. The standard InChI is InChI=1S/C23H23Cl2N5O2/c1-15(31)11-29-23(32)20-14-30(13-19(20)18-5-4-17(24)9-21(18)25)8-2-7-27-22-6-3-16(10-26)12-28-22/h3-6,9,12-15,31H,2,7-8,11H2,1H3,(H,27,28)(H,29,32)/t15-/m1/s1. The van der Waals surface area contributed by atoms with Gasteiger partial charge in [-0.3, -0.25) is 4.79 Å². The van der Waals surface area contributed by atoms with Gasteiger partial charge in [0.15, 0.2) is 0 Å². The molecule has 0 bridgehead atoms. The van der Waals surface area contributed by atoms with Gasteiger partial charge in [-0.05, 0) is 37.6 Å². The zero-order valence-corrected chi connectivity index (χ0v) is 19.0. The minimum atomic E-state index is -0.648. The molecule has 2 heterocycles. The van der Waals surface area contributed by atoms with E-state index >= 15 is 0 Å². The van der Waals surface area contributed by atoms with Crippen LogP contribution in [0.4, 0.5) is 5.82 Å². The molecule has 7 nitrogen and oxygen atoms in total. The SMILES string of the molecule is C[C@@H](O)CNC(=O)c1cn(CCCNc2ccc(C#N)cn2)cc1-c1ccc(Cl)cc1Cl. The van der Waals surface area contributed by atoms with Crippen molar-refractivity contribution in [3.05, 3.63) is 70.1 Å². The zero-order valence-electron chi connectivity index (χ0n) is 17.5. The smallest absolute Gasteiger partial charge is 0.253 e. The first kappa shape index (κ1) is 23.6. The maximum Gasteiger partial charge on any atom is 0.253 e. The van der Waals surface area contributed by atoms with Crippen LogP contribution >= 0.6 is 23.2 Å². The largest absolute Gasteiger partial charge is 0.392 e. The number of anilines is 1. The van der Waals surface area contributed by atoms with Crippen LogP contribution in [0.15, 0.2) is 48.9 Å². The fraction of sp³-hybridized carbons (Fsp3) is 0.261. The Bertz CT molecular complexity index is 1120. The molecule has 2 aromatic heterocycles. The van der Waals surface area contributed by atoms with E-state index in [1.807, 2.05) is 16.8 Å². The van der Waals surface area contributed by atoms with Gasteiger partial charge < -0.3 is 20.3 Å². The van der Waals surface area contributed by atoms with Crippen LogP contribution in [0.2, 0.25) is 10.0 Å². The molecule has 9 heteroatoms. The van der Waals surface area contributed by atoms with E-state index in [0.717, 1.165) is 6.42 Å². The third-order valence-electron chi connectivity index (χ3n) is 4.70. The number of hydrogen-bond acceptors (Lipinski definition) is 5. The predicted octanol–water partition coefficient (Wildman–Crippen LogP) is 4.34. The number of hydrogen-bond donors (Lipinski definition) is 3. The van der Waals surface area contributed by atoms with E-state index in [0.29, 0.717) is 51.2 Å². The number of nitrogens with one attached hydrogen (secondary N) is 2. The Morgan fingerprint density at radius 2 is 2.06 bits per heavy atom. The lowest BCUT2D eigenvalue weighted by Gasteiger charge is -2.09. The van der Waals surface area contributed by atoms with Crippen molar-refractivity contribution in [2.24, 2.45) is 0 Å². The van der Waals surface area contributed by atoms with Crippen LogP contribution < -0.4 is 10.6 Å². The molecule has 3 aromatic rings. The highest BCUT2D eigenvalue weighted by Crippen LogP contribution is 2.33. The van der Waals surface area contributed by atoms with Crippen LogP contribution in [0.25, 0.3) is 11.1 Å². The summed E-state index contributed by atoms with van der Waals surface area (Å²) in [6, 6.07) is 10.7. The summed E-state index contributed by atoms with van der Waals surface area (Å²) in [5, 5.41) is 25.3. The first-order chi connectivity index (χ1) is 15.4. The molecule has 1 aromatic carbocycles. The number of aromatic nitrogens is 2. The lowest BCUT2D eigenvalue weighted by atomic mass is 10.0. The second-order valence-corrected chi connectivity index (χ2v) is 8.17. The van der Waals surface area contributed by atoms with Crippen LogP contribution in [-0.4, -0.2) is 39.8 Å². The van der Waals surface area contributed by atoms with Crippen LogP contribution in [-0.2, 0) is 6.54 Å². The van der Waals surface area contributed by atoms with Crippen molar-refractivity contribution in [2.45, 2.75) is 26.0 Å². The number of nitriles is 1. The molecule has 0 aliphatic rings. The number of nitrogens with zero attached hydrogens (tertiary/aromatic N) is 3. The topological polar surface area (TPSA) is 103 Å². The van der Waals surface area contributed by atoms with E-state index in [-0.39, 0.29) is 12.5 Å². The van der Waals surface area contributed by atoms with Gasteiger partial charge >= 0.3 is 0 Å². The third-order valence-corrected chi connectivity index (χ3v) is 5.24. The molecule has 1 amide bonds. The van der Waals surface area contributed by atoms with Gasteiger partial charge in [-0.25, -0.2) is 4.98 Å². The quantitative estimate of drug-likeness (QED) is 0.402. The number of carbonyl (C=O) groups excluding carboxylic acids is 1. The Balaban J connectivity index is 1.72. The van der Waals surface area contributed by atoms with Crippen molar-refractivity contribution >= 4 is 34.9 Å². The number of aryl methyl sites for hydroxylation is 1. The second-order valence-electron chi connectivity index (χ2n) is 7.33. The second kappa shape index (κ2) is 11.0. The Labute approximate surface area is 196 Å². The Kier molecular flexibility index (Phi) is 8.12. The van der Waals surface area contributed by atoms with Crippen molar-refractivity contribution < 1.29 is 9.90 Å². The van der Waals surface area contributed by atoms with Gasteiger partial charge in [0.1, 0.15) is 11.9 Å². The number of carbonyl (C=O) groups is 1. The monoisotopic (exact) mass is 471 g/mol. The maximum atomic E-state index is 12.8. The molecule has 0 radical (unpaired) electrons. The Morgan fingerprint density at radius 1 is 1.25 bits per heavy atom. The van der Waals surface area contributed by atoms with Crippen LogP contribution in [0, 0.1) is 11.3 Å². The molecule has 0 saturated carbocycles. The number of aliphatic hydroxyl groups is 1. The number of aliphatic hydroxyl groups excluding tert-OH is 1. The van der Waals surface area contributed by atoms with Crippen molar-refractivity contribution in [3.8, 4) is 17.2 Å². The van der Waals surface area contributed by atoms with E-state index < -0.39 is 6.10 Å². The highest BCUT2D eigenvalue weighted by Gasteiger charge is 2.18. The normalized spacial score (nSPS) is 11.6. The molecule has 0 unspecified atom stereocenters. The molecular weight excluding hydrogens is 449 g/mol. The molecule has 166 valence electrons. The molecule has 0 spiro atoms. The summed E-state index contributed by atoms with van der Waals surface area (Å²) in [7, 11) is 0. The van der Waals surface area contributed by atoms with E-state index in [9.17, 15) is 9.90 Å². The third kappa shape index (κ3) is 6.24. The van der Waals surface area contributed by atoms with Gasteiger partial charge in [-0.2, -0.15) is 5.26 Å².